The van der Waals surface area contributed by atoms with Gasteiger partial charge in [0.25, 0.3) is 5.91 Å². The molecule has 0 atom stereocenters. The third-order valence-electron chi connectivity index (χ3n) is 5.20. The molecule has 0 bridgehead atoms. The van der Waals surface area contributed by atoms with E-state index in [0.717, 1.165) is 11.4 Å². The van der Waals surface area contributed by atoms with Gasteiger partial charge >= 0.3 is 0 Å². The smallest absolute Gasteiger partial charge is 0.276 e. The van der Waals surface area contributed by atoms with Crippen molar-refractivity contribution in [2.24, 2.45) is 0 Å². The molecule has 3 rings (SSSR count). The van der Waals surface area contributed by atoms with Crippen molar-refractivity contribution in [1.29, 1.82) is 0 Å². The van der Waals surface area contributed by atoms with E-state index in [2.05, 4.69) is 81.4 Å². The van der Waals surface area contributed by atoms with E-state index in [1.807, 2.05) is 29.8 Å². The SMILES string of the molecule is Cc1cc(C(=O)Nc2ccc(C(C)(C)C)cc2)nn1Cc1ccc(C(C)C)cc1. The first kappa shape index (κ1) is 20.8. The average Bonchev–Trinajstić information content (AvgIpc) is 3.02. The molecule has 4 heteroatoms. The van der Waals surface area contributed by atoms with Gasteiger partial charge in [0.15, 0.2) is 5.69 Å². The van der Waals surface area contributed by atoms with Gasteiger partial charge in [-0.25, -0.2) is 0 Å². The lowest BCUT2D eigenvalue weighted by Crippen LogP contribution is -2.14. The van der Waals surface area contributed by atoms with Gasteiger partial charge in [-0.15, -0.1) is 0 Å². The monoisotopic (exact) mass is 389 g/mol. The number of carbonyl (C=O) groups excluding carboxylic acids is 1. The number of carbonyl (C=O) groups is 1. The maximum absolute atomic E-state index is 12.6. The van der Waals surface area contributed by atoms with Gasteiger partial charge < -0.3 is 5.32 Å². The molecule has 0 saturated carbocycles. The van der Waals surface area contributed by atoms with Crippen molar-refractivity contribution in [2.45, 2.75) is 59.4 Å². The van der Waals surface area contributed by atoms with Crippen LogP contribution in [0.3, 0.4) is 0 Å². The van der Waals surface area contributed by atoms with Gasteiger partial charge in [-0.2, -0.15) is 5.10 Å². The summed E-state index contributed by atoms with van der Waals surface area (Å²) < 4.78 is 1.88. The Balaban J connectivity index is 1.69. The van der Waals surface area contributed by atoms with Crippen LogP contribution in [0.5, 0.6) is 0 Å². The van der Waals surface area contributed by atoms with Gasteiger partial charge in [0, 0.05) is 11.4 Å². The predicted octanol–water partition coefficient (Wildman–Crippen LogP) is 5.91. The molecule has 0 saturated heterocycles. The number of amides is 1. The second kappa shape index (κ2) is 8.24. The van der Waals surface area contributed by atoms with Crippen LogP contribution in [-0.2, 0) is 12.0 Å². The lowest BCUT2D eigenvalue weighted by molar-refractivity contribution is 0.102. The van der Waals surface area contributed by atoms with Crippen LogP contribution in [0.4, 0.5) is 5.69 Å². The largest absolute Gasteiger partial charge is 0.321 e. The Bertz CT molecular complexity index is 974. The first-order chi connectivity index (χ1) is 13.6. The molecular weight excluding hydrogens is 358 g/mol. The maximum Gasteiger partial charge on any atom is 0.276 e. The van der Waals surface area contributed by atoms with Gasteiger partial charge in [0.1, 0.15) is 0 Å². The molecule has 1 N–H and O–H groups in total. The quantitative estimate of drug-likeness (QED) is 0.589. The zero-order chi connectivity index (χ0) is 21.2. The number of hydrogen-bond acceptors (Lipinski definition) is 2. The maximum atomic E-state index is 12.6. The summed E-state index contributed by atoms with van der Waals surface area (Å²) in [5.74, 6) is 0.328. The lowest BCUT2D eigenvalue weighted by Gasteiger charge is -2.19. The van der Waals surface area contributed by atoms with Gasteiger partial charge in [0.05, 0.1) is 6.54 Å². The zero-order valence-corrected chi connectivity index (χ0v) is 18.3. The summed E-state index contributed by atoms with van der Waals surface area (Å²) in [6, 6.07) is 18.4. The number of aromatic nitrogens is 2. The highest BCUT2D eigenvalue weighted by molar-refractivity contribution is 6.02. The van der Waals surface area contributed by atoms with Crippen LogP contribution >= 0.6 is 0 Å². The van der Waals surface area contributed by atoms with Crippen molar-refractivity contribution in [3.63, 3.8) is 0 Å². The molecule has 0 aliphatic rings. The number of anilines is 1. The number of aryl methyl sites for hydroxylation is 1. The zero-order valence-electron chi connectivity index (χ0n) is 18.3. The molecule has 3 aromatic rings. The Morgan fingerprint density at radius 2 is 1.66 bits per heavy atom. The Labute approximate surface area is 174 Å². The third-order valence-corrected chi connectivity index (χ3v) is 5.20. The van der Waals surface area contributed by atoms with Crippen LogP contribution in [0.2, 0.25) is 0 Å². The Hall–Kier alpha value is -2.88. The first-order valence-corrected chi connectivity index (χ1v) is 10.2. The molecule has 0 fully saturated rings. The molecule has 1 amide bonds. The Kier molecular flexibility index (Phi) is 5.92. The van der Waals surface area contributed by atoms with E-state index in [9.17, 15) is 4.79 Å². The van der Waals surface area contributed by atoms with Crippen molar-refractivity contribution in [1.82, 2.24) is 9.78 Å². The van der Waals surface area contributed by atoms with Crippen LogP contribution in [0.15, 0.2) is 54.6 Å². The van der Waals surface area contributed by atoms with E-state index < -0.39 is 0 Å². The minimum absolute atomic E-state index is 0.0891. The van der Waals surface area contributed by atoms with Crippen LogP contribution in [0.25, 0.3) is 0 Å². The Morgan fingerprint density at radius 1 is 1.03 bits per heavy atom. The van der Waals surface area contributed by atoms with E-state index in [1.165, 1.54) is 16.7 Å². The molecule has 29 heavy (non-hydrogen) atoms. The molecule has 1 aromatic heterocycles. The lowest BCUT2D eigenvalue weighted by atomic mass is 9.87. The summed E-state index contributed by atoms with van der Waals surface area (Å²) in [4.78, 5) is 12.6. The fourth-order valence-electron chi connectivity index (χ4n) is 3.21. The molecule has 0 spiro atoms. The predicted molar refractivity (Wildman–Crippen MR) is 120 cm³/mol. The molecular formula is C25H31N3O. The second-order valence-corrected chi connectivity index (χ2v) is 9.01. The van der Waals surface area contributed by atoms with Crippen molar-refractivity contribution < 1.29 is 4.79 Å². The van der Waals surface area contributed by atoms with Crippen LogP contribution in [0, 0.1) is 6.92 Å². The molecule has 4 nitrogen and oxygen atoms in total. The normalized spacial score (nSPS) is 11.7. The average molecular weight is 390 g/mol. The highest BCUT2D eigenvalue weighted by atomic mass is 16.1. The molecule has 0 unspecified atom stereocenters. The van der Waals surface area contributed by atoms with E-state index in [4.69, 9.17) is 0 Å². The molecule has 0 radical (unpaired) electrons. The summed E-state index contributed by atoms with van der Waals surface area (Å²) in [5, 5.41) is 7.47. The standard InChI is InChI=1S/C25H31N3O/c1-17(2)20-9-7-19(8-10-20)16-28-18(3)15-23(27-28)24(29)26-22-13-11-21(12-14-22)25(4,5)6/h7-15,17H,16H2,1-6H3,(H,26,29). The molecule has 152 valence electrons. The molecule has 0 aliphatic carbocycles. The number of rotatable bonds is 5. The number of nitrogens with one attached hydrogen (secondary N) is 1. The van der Waals surface area contributed by atoms with Crippen molar-refractivity contribution in [2.75, 3.05) is 5.32 Å². The molecule has 0 aliphatic heterocycles. The highest BCUT2D eigenvalue weighted by Crippen LogP contribution is 2.23. The summed E-state index contributed by atoms with van der Waals surface area (Å²) in [5.41, 5.74) is 5.99. The van der Waals surface area contributed by atoms with Crippen molar-refractivity contribution in [3.8, 4) is 0 Å². The van der Waals surface area contributed by atoms with E-state index in [1.54, 1.807) is 0 Å². The van der Waals surface area contributed by atoms with Crippen molar-refractivity contribution >= 4 is 11.6 Å². The molecule has 2 aromatic carbocycles. The topological polar surface area (TPSA) is 46.9 Å². The van der Waals surface area contributed by atoms with Crippen LogP contribution < -0.4 is 5.32 Å². The van der Waals surface area contributed by atoms with Crippen molar-refractivity contribution in [3.05, 3.63) is 82.7 Å². The minimum Gasteiger partial charge on any atom is -0.321 e. The van der Waals surface area contributed by atoms with Gasteiger partial charge in [0.2, 0.25) is 0 Å². The minimum atomic E-state index is -0.189. The number of nitrogens with zero attached hydrogens (tertiary/aromatic N) is 2. The van der Waals surface area contributed by atoms with Crippen LogP contribution in [-0.4, -0.2) is 15.7 Å². The van der Waals surface area contributed by atoms with E-state index in [-0.39, 0.29) is 11.3 Å². The third kappa shape index (κ3) is 5.14. The second-order valence-electron chi connectivity index (χ2n) is 9.01. The van der Waals surface area contributed by atoms with Gasteiger partial charge in [-0.05, 0) is 53.1 Å². The van der Waals surface area contributed by atoms with Gasteiger partial charge in [-0.1, -0.05) is 71.0 Å². The summed E-state index contributed by atoms with van der Waals surface area (Å²) >= 11 is 0. The summed E-state index contributed by atoms with van der Waals surface area (Å²) in [6.45, 7) is 13.5. The first-order valence-electron chi connectivity index (χ1n) is 10.2. The molecule has 1 heterocycles. The summed E-state index contributed by atoms with van der Waals surface area (Å²) in [6.07, 6.45) is 0. The van der Waals surface area contributed by atoms with Crippen LogP contribution in [0.1, 0.15) is 73.4 Å². The van der Waals surface area contributed by atoms with E-state index in [0.29, 0.717) is 18.2 Å². The van der Waals surface area contributed by atoms with E-state index >= 15 is 0 Å². The van der Waals surface area contributed by atoms with Gasteiger partial charge in [-0.3, -0.25) is 9.48 Å². The highest BCUT2D eigenvalue weighted by Gasteiger charge is 2.15. The fourth-order valence-corrected chi connectivity index (χ4v) is 3.21. The number of benzene rings is 2. The summed E-state index contributed by atoms with van der Waals surface area (Å²) in [7, 11) is 0. The fraction of sp³-hybridized carbons (Fsp3) is 0.360. The Morgan fingerprint density at radius 3 is 2.21 bits per heavy atom. The number of hydrogen-bond donors (Lipinski definition) is 1.